The minimum absolute atomic E-state index is 0.163. The summed E-state index contributed by atoms with van der Waals surface area (Å²) in [6.45, 7) is 3.80. The van der Waals surface area contributed by atoms with E-state index in [0.717, 1.165) is 10.4 Å². The first-order valence-corrected chi connectivity index (χ1v) is 8.04. The van der Waals surface area contributed by atoms with Crippen LogP contribution in [-0.4, -0.2) is 16.8 Å². The van der Waals surface area contributed by atoms with Crippen molar-refractivity contribution in [3.8, 4) is 11.8 Å². The van der Waals surface area contributed by atoms with Gasteiger partial charge in [0, 0.05) is 9.77 Å². The Bertz CT molecular complexity index is 717. The van der Waals surface area contributed by atoms with Crippen molar-refractivity contribution in [3.63, 3.8) is 0 Å². The first-order chi connectivity index (χ1) is 10.0. The smallest absolute Gasteiger partial charge is 0.235 e. The van der Waals surface area contributed by atoms with E-state index in [1.165, 1.54) is 23.1 Å². The summed E-state index contributed by atoms with van der Waals surface area (Å²) in [6.07, 6.45) is 0. The summed E-state index contributed by atoms with van der Waals surface area (Å²) in [5.74, 6) is 0.148. The summed E-state index contributed by atoms with van der Waals surface area (Å²) < 4.78 is 0. The number of nitriles is 1. The van der Waals surface area contributed by atoms with Crippen LogP contribution in [0.1, 0.15) is 16.0 Å². The van der Waals surface area contributed by atoms with E-state index in [0.29, 0.717) is 15.5 Å². The maximum atomic E-state index is 12.0. The molecule has 0 saturated heterocycles. The van der Waals surface area contributed by atoms with Gasteiger partial charge in [0.15, 0.2) is 0 Å². The Morgan fingerprint density at radius 3 is 2.81 bits per heavy atom. The largest absolute Gasteiger partial charge is 0.507 e. The molecule has 4 nitrogen and oxygen atoms in total. The van der Waals surface area contributed by atoms with Crippen molar-refractivity contribution >= 4 is 34.0 Å². The third-order valence-corrected chi connectivity index (χ3v) is 5.16. The molecule has 1 amide bonds. The summed E-state index contributed by atoms with van der Waals surface area (Å²) in [4.78, 5) is 13.7. The Morgan fingerprint density at radius 2 is 2.14 bits per heavy atom. The predicted molar refractivity (Wildman–Crippen MR) is 86.0 cm³/mol. The summed E-state index contributed by atoms with van der Waals surface area (Å²) >= 11 is 2.66. The Hall–Kier alpha value is -1.97. The number of para-hydroxylation sites is 1. The third-order valence-electron chi connectivity index (χ3n) is 2.97. The molecule has 0 aliphatic carbocycles. The molecule has 2 rings (SSSR count). The topological polar surface area (TPSA) is 73.1 Å². The van der Waals surface area contributed by atoms with E-state index in [-0.39, 0.29) is 17.4 Å². The van der Waals surface area contributed by atoms with E-state index < -0.39 is 0 Å². The molecule has 0 unspecified atom stereocenters. The van der Waals surface area contributed by atoms with Gasteiger partial charge < -0.3 is 10.4 Å². The maximum absolute atomic E-state index is 12.0. The molecule has 1 aromatic heterocycles. The Morgan fingerprint density at radius 1 is 1.43 bits per heavy atom. The molecule has 1 aromatic carbocycles. The minimum atomic E-state index is -0.194. The minimum Gasteiger partial charge on any atom is -0.507 e. The van der Waals surface area contributed by atoms with Crippen LogP contribution in [0, 0.1) is 25.2 Å². The van der Waals surface area contributed by atoms with E-state index in [9.17, 15) is 9.90 Å². The molecule has 0 fully saturated rings. The number of carbonyl (C=O) groups excluding carboxylic acids is 1. The maximum Gasteiger partial charge on any atom is 0.235 e. The van der Waals surface area contributed by atoms with E-state index in [1.807, 2.05) is 13.8 Å². The number of phenols is 1. The SMILES string of the molecule is Cc1sc(NC(=O)CSc2ccccc2O)c(C#N)c1C. The van der Waals surface area contributed by atoms with Crippen molar-refractivity contribution in [2.45, 2.75) is 18.7 Å². The Kier molecular flexibility index (Phi) is 4.89. The standard InChI is InChI=1S/C15H14N2O2S2/c1-9-10(2)21-15(11(9)7-16)17-14(19)8-20-13-6-4-3-5-12(13)18/h3-6,18H,8H2,1-2H3,(H,17,19). The van der Waals surface area contributed by atoms with Gasteiger partial charge in [-0.05, 0) is 31.5 Å². The summed E-state index contributed by atoms with van der Waals surface area (Å²) in [6, 6.07) is 9.00. The number of rotatable bonds is 4. The van der Waals surface area contributed by atoms with Crippen LogP contribution in [0.15, 0.2) is 29.2 Å². The van der Waals surface area contributed by atoms with Gasteiger partial charge in [0.25, 0.3) is 0 Å². The highest BCUT2D eigenvalue weighted by atomic mass is 32.2. The second kappa shape index (κ2) is 6.66. The lowest BCUT2D eigenvalue weighted by Crippen LogP contribution is -2.13. The monoisotopic (exact) mass is 318 g/mol. The molecule has 0 radical (unpaired) electrons. The zero-order chi connectivity index (χ0) is 15.4. The average Bonchev–Trinajstić information content (AvgIpc) is 2.72. The van der Waals surface area contributed by atoms with Gasteiger partial charge in [0.2, 0.25) is 5.91 Å². The average molecular weight is 318 g/mol. The zero-order valence-corrected chi connectivity index (χ0v) is 13.3. The molecule has 0 atom stereocenters. The fourth-order valence-electron chi connectivity index (χ4n) is 1.73. The van der Waals surface area contributed by atoms with Crippen LogP contribution in [0.5, 0.6) is 5.75 Å². The molecule has 1 heterocycles. The third kappa shape index (κ3) is 3.57. The fourth-order valence-corrected chi connectivity index (χ4v) is 3.51. The number of thioether (sulfide) groups is 1. The molecule has 0 spiro atoms. The van der Waals surface area contributed by atoms with Gasteiger partial charge in [-0.1, -0.05) is 12.1 Å². The first kappa shape index (κ1) is 15.4. The van der Waals surface area contributed by atoms with Crippen LogP contribution in [0.25, 0.3) is 0 Å². The van der Waals surface area contributed by atoms with Crippen molar-refractivity contribution in [3.05, 3.63) is 40.3 Å². The number of hydrogen-bond donors (Lipinski definition) is 2. The number of thiophene rings is 1. The van der Waals surface area contributed by atoms with Gasteiger partial charge in [0.05, 0.1) is 11.3 Å². The van der Waals surface area contributed by atoms with Crippen LogP contribution in [0.4, 0.5) is 5.00 Å². The van der Waals surface area contributed by atoms with Gasteiger partial charge in [0.1, 0.15) is 16.8 Å². The number of nitrogens with one attached hydrogen (secondary N) is 1. The van der Waals surface area contributed by atoms with Crippen LogP contribution in [0.3, 0.4) is 0 Å². The van der Waals surface area contributed by atoms with Crippen LogP contribution < -0.4 is 5.32 Å². The number of amides is 1. The van der Waals surface area contributed by atoms with Crippen molar-refractivity contribution in [1.82, 2.24) is 0 Å². The highest BCUT2D eigenvalue weighted by molar-refractivity contribution is 8.00. The van der Waals surface area contributed by atoms with E-state index in [1.54, 1.807) is 24.3 Å². The second-order valence-electron chi connectivity index (χ2n) is 4.40. The quantitative estimate of drug-likeness (QED) is 0.844. The molecule has 108 valence electrons. The lowest BCUT2D eigenvalue weighted by Gasteiger charge is -2.05. The molecular weight excluding hydrogens is 304 g/mol. The molecular formula is C15H14N2O2S2. The number of phenolic OH excluding ortho intramolecular Hbond substituents is 1. The number of hydrogen-bond acceptors (Lipinski definition) is 5. The van der Waals surface area contributed by atoms with Crippen molar-refractivity contribution in [2.24, 2.45) is 0 Å². The summed E-state index contributed by atoms with van der Waals surface area (Å²) in [7, 11) is 0. The number of benzene rings is 1. The van der Waals surface area contributed by atoms with Gasteiger partial charge in [-0.2, -0.15) is 5.26 Å². The highest BCUT2D eigenvalue weighted by Crippen LogP contribution is 2.32. The molecule has 0 aliphatic heterocycles. The number of aromatic hydroxyl groups is 1. The van der Waals surface area contributed by atoms with Crippen molar-refractivity contribution in [1.29, 1.82) is 5.26 Å². The number of aryl methyl sites for hydroxylation is 1. The predicted octanol–water partition coefficient (Wildman–Crippen LogP) is 3.67. The van der Waals surface area contributed by atoms with Crippen LogP contribution in [-0.2, 0) is 4.79 Å². The van der Waals surface area contributed by atoms with Crippen LogP contribution in [0.2, 0.25) is 0 Å². The molecule has 0 aliphatic rings. The molecule has 21 heavy (non-hydrogen) atoms. The van der Waals surface area contributed by atoms with Gasteiger partial charge in [-0.3, -0.25) is 4.79 Å². The van der Waals surface area contributed by atoms with Crippen molar-refractivity contribution in [2.75, 3.05) is 11.1 Å². The molecule has 0 saturated carbocycles. The fraction of sp³-hybridized carbons (Fsp3) is 0.200. The van der Waals surface area contributed by atoms with Crippen molar-refractivity contribution < 1.29 is 9.90 Å². The van der Waals surface area contributed by atoms with Gasteiger partial charge in [-0.25, -0.2) is 0 Å². The lowest BCUT2D eigenvalue weighted by atomic mass is 10.2. The Labute approximate surface area is 131 Å². The van der Waals surface area contributed by atoms with Gasteiger partial charge in [-0.15, -0.1) is 23.1 Å². The molecule has 0 bridgehead atoms. The lowest BCUT2D eigenvalue weighted by molar-refractivity contribution is -0.113. The van der Waals surface area contributed by atoms with E-state index in [2.05, 4.69) is 11.4 Å². The normalized spacial score (nSPS) is 10.1. The number of anilines is 1. The highest BCUT2D eigenvalue weighted by Gasteiger charge is 2.15. The second-order valence-corrected chi connectivity index (χ2v) is 6.65. The van der Waals surface area contributed by atoms with Crippen LogP contribution >= 0.6 is 23.1 Å². The first-order valence-electron chi connectivity index (χ1n) is 6.23. The van der Waals surface area contributed by atoms with Gasteiger partial charge >= 0.3 is 0 Å². The van der Waals surface area contributed by atoms with E-state index in [4.69, 9.17) is 5.26 Å². The number of carbonyl (C=O) groups is 1. The molecule has 2 N–H and O–H groups in total. The summed E-state index contributed by atoms with van der Waals surface area (Å²) in [5, 5.41) is 22.1. The Balaban J connectivity index is 2.02. The van der Waals surface area contributed by atoms with E-state index >= 15 is 0 Å². The zero-order valence-electron chi connectivity index (χ0n) is 11.6. The molecule has 2 aromatic rings. The molecule has 6 heteroatoms. The summed E-state index contributed by atoms with van der Waals surface area (Å²) in [5.41, 5.74) is 1.43. The number of nitrogens with zero attached hydrogens (tertiary/aromatic N) is 1.